The molecule has 0 spiro atoms. The van der Waals surface area contributed by atoms with Gasteiger partial charge >= 0.3 is 5.97 Å². The van der Waals surface area contributed by atoms with Crippen LogP contribution in [0.3, 0.4) is 0 Å². The molecule has 0 saturated carbocycles. The van der Waals surface area contributed by atoms with Crippen molar-refractivity contribution in [2.24, 2.45) is 0 Å². The number of rotatable bonds is 4. The van der Waals surface area contributed by atoms with E-state index < -0.39 is 5.97 Å². The molecule has 3 aromatic rings. The Balaban J connectivity index is 1.76. The minimum atomic E-state index is -1.00. The van der Waals surface area contributed by atoms with Crippen molar-refractivity contribution < 1.29 is 18.7 Å². The van der Waals surface area contributed by atoms with Gasteiger partial charge in [0.15, 0.2) is 5.58 Å². The number of aromatic nitrogens is 1. The molecule has 0 unspecified atom stereocenters. The summed E-state index contributed by atoms with van der Waals surface area (Å²) in [6, 6.07) is 9.29. The summed E-state index contributed by atoms with van der Waals surface area (Å²) in [6.45, 7) is 1.92. The lowest BCUT2D eigenvalue weighted by molar-refractivity contribution is 0.0695. The standard InChI is InChI=1S/C14H12N2O4/c1-8-10(13(17)18)6-9(19-8)7-15-14-16-11-4-2-3-5-12(11)20-14/h2-6H,7H2,1H3,(H,15,16)(H,17,18). The number of aryl methyl sites for hydroxylation is 1. The highest BCUT2D eigenvalue weighted by Gasteiger charge is 2.14. The van der Waals surface area contributed by atoms with Crippen LogP contribution in [0.15, 0.2) is 39.2 Å². The second kappa shape index (κ2) is 4.73. The van der Waals surface area contributed by atoms with Crippen LogP contribution in [0.1, 0.15) is 21.9 Å². The largest absolute Gasteiger partial charge is 0.478 e. The second-order valence-electron chi connectivity index (χ2n) is 4.33. The highest BCUT2D eigenvalue weighted by Crippen LogP contribution is 2.20. The molecule has 0 aliphatic heterocycles. The van der Waals surface area contributed by atoms with Crippen LogP contribution in [0.25, 0.3) is 11.1 Å². The molecule has 2 heterocycles. The van der Waals surface area contributed by atoms with Crippen molar-refractivity contribution in [3.05, 3.63) is 47.4 Å². The number of hydrogen-bond acceptors (Lipinski definition) is 5. The zero-order chi connectivity index (χ0) is 14.1. The van der Waals surface area contributed by atoms with E-state index in [0.717, 1.165) is 5.52 Å². The first kappa shape index (κ1) is 12.3. The van der Waals surface area contributed by atoms with Gasteiger partial charge in [0.1, 0.15) is 22.6 Å². The second-order valence-corrected chi connectivity index (χ2v) is 4.33. The highest BCUT2D eigenvalue weighted by atomic mass is 16.4. The fourth-order valence-corrected chi connectivity index (χ4v) is 1.95. The van der Waals surface area contributed by atoms with Crippen molar-refractivity contribution in [2.45, 2.75) is 13.5 Å². The van der Waals surface area contributed by atoms with Crippen LogP contribution in [0.2, 0.25) is 0 Å². The van der Waals surface area contributed by atoms with Crippen LogP contribution in [0.4, 0.5) is 6.01 Å². The van der Waals surface area contributed by atoms with Crippen LogP contribution in [0, 0.1) is 6.92 Å². The molecule has 0 aliphatic carbocycles. The van der Waals surface area contributed by atoms with E-state index in [9.17, 15) is 4.79 Å². The molecule has 0 aliphatic rings. The zero-order valence-corrected chi connectivity index (χ0v) is 10.7. The number of carboxylic acid groups (broad SMARTS) is 1. The Morgan fingerprint density at radius 2 is 2.15 bits per heavy atom. The van der Waals surface area contributed by atoms with Crippen molar-refractivity contribution in [1.29, 1.82) is 0 Å². The van der Waals surface area contributed by atoms with E-state index in [0.29, 0.717) is 29.7 Å². The molecular weight excluding hydrogens is 260 g/mol. The number of aromatic carboxylic acids is 1. The van der Waals surface area contributed by atoms with Gasteiger partial charge in [-0.2, -0.15) is 4.98 Å². The molecule has 0 amide bonds. The van der Waals surface area contributed by atoms with Gasteiger partial charge < -0.3 is 19.3 Å². The summed E-state index contributed by atoms with van der Waals surface area (Å²) in [4.78, 5) is 15.2. The first-order valence-electron chi connectivity index (χ1n) is 6.05. The number of fused-ring (bicyclic) bond motifs is 1. The minimum absolute atomic E-state index is 0.166. The predicted octanol–water partition coefficient (Wildman–Crippen LogP) is 3.04. The van der Waals surface area contributed by atoms with E-state index in [4.69, 9.17) is 13.9 Å². The molecule has 6 nitrogen and oxygen atoms in total. The van der Waals surface area contributed by atoms with Crippen molar-refractivity contribution in [2.75, 3.05) is 5.32 Å². The van der Waals surface area contributed by atoms with Crippen LogP contribution < -0.4 is 5.32 Å². The van der Waals surface area contributed by atoms with E-state index in [1.165, 1.54) is 6.07 Å². The predicted molar refractivity (Wildman–Crippen MR) is 71.7 cm³/mol. The van der Waals surface area contributed by atoms with E-state index in [1.807, 2.05) is 24.3 Å². The number of benzene rings is 1. The Morgan fingerprint density at radius 3 is 2.85 bits per heavy atom. The van der Waals surface area contributed by atoms with E-state index in [2.05, 4.69) is 10.3 Å². The maximum absolute atomic E-state index is 10.9. The Morgan fingerprint density at radius 1 is 1.35 bits per heavy atom. The van der Waals surface area contributed by atoms with E-state index in [1.54, 1.807) is 6.92 Å². The monoisotopic (exact) mass is 272 g/mol. The normalized spacial score (nSPS) is 10.8. The third-order valence-electron chi connectivity index (χ3n) is 2.91. The number of nitrogens with zero attached hydrogens (tertiary/aromatic N) is 1. The average Bonchev–Trinajstić information content (AvgIpc) is 2.99. The minimum Gasteiger partial charge on any atom is -0.478 e. The molecule has 102 valence electrons. The van der Waals surface area contributed by atoms with Crippen molar-refractivity contribution in [3.8, 4) is 0 Å². The third kappa shape index (κ3) is 2.23. The number of para-hydroxylation sites is 2. The quantitative estimate of drug-likeness (QED) is 0.758. The van der Waals surface area contributed by atoms with Gasteiger partial charge in [0.2, 0.25) is 0 Å². The van der Waals surface area contributed by atoms with Gasteiger partial charge in [-0.05, 0) is 25.1 Å². The Labute approximate surface area is 114 Å². The Kier molecular flexibility index (Phi) is 2.90. The molecule has 2 N–H and O–H groups in total. The molecule has 3 rings (SSSR count). The van der Waals surface area contributed by atoms with Gasteiger partial charge in [0.05, 0.1) is 6.54 Å². The van der Waals surface area contributed by atoms with Crippen LogP contribution in [-0.4, -0.2) is 16.1 Å². The molecule has 1 aromatic carbocycles. The van der Waals surface area contributed by atoms with Gasteiger partial charge in [-0.1, -0.05) is 12.1 Å². The van der Waals surface area contributed by atoms with Crippen molar-refractivity contribution in [3.63, 3.8) is 0 Å². The average molecular weight is 272 g/mol. The van der Waals surface area contributed by atoms with Crippen LogP contribution in [0.5, 0.6) is 0 Å². The number of furan rings is 1. The first-order chi connectivity index (χ1) is 9.63. The number of oxazole rings is 1. The number of carboxylic acids is 1. The summed E-state index contributed by atoms with van der Waals surface area (Å²) < 4.78 is 10.9. The lowest BCUT2D eigenvalue weighted by Gasteiger charge is -1.97. The molecule has 0 atom stereocenters. The van der Waals surface area contributed by atoms with E-state index in [-0.39, 0.29) is 5.56 Å². The molecule has 6 heteroatoms. The molecule has 0 fully saturated rings. The van der Waals surface area contributed by atoms with Gasteiger partial charge in [0, 0.05) is 0 Å². The highest BCUT2D eigenvalue weighted by molar-refractivity contribution is 5.88. The Bertz CT molecular complexity index is 739. The zero-order valence-electron chi connectivity index (χ0n) is 10.7. The topological polar surface area (TPSA) is 88.5 Å². The van der Waals surface area contributed by atoms with Crippen LogP contribution >= 0.6 is 0 Å². The summed E-state index contributed by atoms with van der Waals surface area (Å²) in [5.41, 5.74) is 1.62. The summed E-state index contributed by atoms with van der Waals surface area (Å²) in [5, 5.41) is 11.9. The SMILES string of the molecule is Cc1oc(CNc2nc3ccccc3o2)cc1C(=O)O. The van der Waals surface area contributed by atoms with Crippen molar-refractivity contribution in [1.82, 2.24) is 4.98 Å². The third-order valence-corrected chi connectivity index (χ3v) is 2.91. The first-order valence-corrected chi connectivity index (χ1v) is 6.05. The maximum atomic E-state index is 10.9. The van der Waals surface area contributed by atoms with Gasteiger partial charge in [0.25, 0.3) is 6.01 Å². The number of nitrogens with one attached hydrogen (secondary N) is 1. The fourth-order valence-electron chi connectivity index (χ4n) is 1.95. The summed E-state index contributed by atoms with van der Waals surface area (Å²) in [7, 11) is 0. The Hall–Kier alpha value is -2.76. The van der Waals surface area contributed by atoms with Gasteiger partial charge in [-0.25, -0.2) is 4.79 Å². The molecule has 0 bridgehead atoms. The molecule has 0 radical (unpaired) electrons. The lowest BCUT2D eigenvalue weighted by Crippen LogP contribution is -1.98. The smallest absolute Gasteiger partial charge is 0.339 e. The summed E-state index contributed by atoms with van der Waals surface area (Å²) >= 11 is 0. The summed E-state index contributed by atoms with van der Waals surface area (Å²) in [5.74, 6) is -0.103. The van der Waals surface area contributed by atoms with E-state index >= 15 is 0 Å². The molecule has 20 heavy (non-hydrogen) atoms. The number of carbonyl (C=O) groups is 1. The molecular formula is C14H12N2O4. The number of hydrogen-bond donors (Lipinski definition) is 2. The van der Waals surface area contributed by atoms with Gasteiger partial charge in [-0.3, -0.25) is 0 Å². The lowest BCUT2D eigenvalue weighted by atomic mass is 10.2. The molecule has 0 saturated heterocycles. The number of anilines is 1. The van der Waals surface area contributed by atoms with Gasteiger partial charge in [-0.15, -0.1) is 0 Å². The van der Waals surface area contributed by atoms with Crippen molar-refractivity contribution >= 4 is 23.1 Å². The van der Waals surface area contributed by atoms with Crippen LogP contribution in [-0.2, 0) is 6.54 Å². The maximum Gasteiger partial charge on any atom is 0.339 e. The summed E-state index contributed by atoms with van der Waals surface area (Å²) in [6.07, 6.45) is 0. The molecule has 2 aromatic heterocycles. The fraction of sp³-hybridized carbons (Fsp3) is 0.143.